The van der Waals surface area contributed by atoms with Gasteiger partial charge in [0.2, 0.25) is 11.8 Å². The van der Waals surface area contributed by atoms with Gasteiger partial charge in [-0.25, -0.2) is 0 Å². The van der Waals surface area contributed by atoms with Crippen LogP contribution in [-0.2, 0) is 14.4 Å². The molecule has 0 spiro atoms. The Hall–Kier alpha value is -2.87. The fourth-order valence-corrected chi connectivity index (χ4v) is 3.44. The number of nitrogens with zero attached hydrogens (tertiary/aromatic N) is 2. The summed E-state index contributed by atoms with van der Waals surface area (Å²) in [6, 6.07) is 4.57. The highest BCUT2D eigenvalue weighted by atomic mass is 16.4. The van der Waals surface area contributed by atoms with E-state index in [4.69, 9.17) is 0 Å². The molecule has 1 atom stereocenters. The maximum atomic E-state index is 12.0. The summed E-state index contributed by atoms with van der Waals surface area (Å²) in [5.41, 5.74) is 2.10. The Bertz CT molecular complexity index is 852. The lowest BCUT2D eigenvalue weighted by molar-refractivity contribution is -0.145. The second-order valence-corrected chi connectivity index (χ2v) is 6.47. The average Bonchev–Trinajstić information content (AvgIpc) is 2.97. The van der Waals surface area contributed by atoms with Crippen molar-refractivity contribution >= 4 is 34.4 Å². The number of nitrogens with one attached hydrogen (secondary N) is 2. The van der Waals surface area contributed by atoms with Crippen molar-refractivity contribution in [1.82, 2.24) is 14.8 Å². The second-order valence-electron chi connectivity index (χ2n) is 6.47. The van der Waals surface area contributed by atoms with Crippen molar-refractivity contribution in [2.24, 2.45) is 0 Å². The normalized spacial score (nSPS) is 16.5. The molecule has 0 aliphatic carbocycles. The van der Waals surface area contributed by atoms with Crippen LogP contribution in [0.4, 0.5) is 5.69 Å². The second kappa shape index (κ2) is 7.17. The van der Waals surface area contributed by atoms with Crippen LogP contribution in [0.5, 0.6) is 0 Å². The molecule has 2 amide bonds. The largest absolute Gasteiger partial charge is 0.480 e. The topological polar surface area (TPSA) is 106 Å². The van der Waals surface area contributed by atoms with Crippen LogP contribution in [0.25, 0.3) is 10.9 Å². The van der Waals surface area contributed by atoms with Gasteiger partial charge >= 0.3 is 5.97 Å². The summed E-state index contributed by atoms with van der Waals surface area (Å²) >= 11 is 0. The predicted molar refractivity (Wildman–Crippen MR) is 96.8 cm³/mol. The summed E-state index contributed by atoms with van der Waals surface area (Å²) in [6.45, 7) is 5.02. The van der Waals surface area contributed by atoms with Gasteiger partial charge in [-0.3, -0.25) is 19.3 Å². The van der Waals surface area contributed by atoms with Crippen molar-refractivity contribution in [1.29, 1.82) is 0 Å². The maximum absolute atomic E-state index is 12.0. The molecule has 8 heteroatoms. The minimum atomic E-state index is -0.923. The third-order valence-electron chi connectivity index (χ3n) is 4.69. The van der Waals surface area contributed by atoms with Crippen molar-refractivity contribution in [3.63, 3.8) is 0 Å². The van der Waals surface area contributed by atoms with Gasteiger partial charge in [-0.1, -0.05) is 6.07 Å². The Morgan fingerprint density at radius 2 is 1.85 bits per heavy atom. The molecule has 2 aromatic rings. The molecule has 0 bridgehead atoms. The van der Waals surface area contributed by atoms with Gasteiger partial charge in [-0.05, 0) is 12.1 Å². The van der Waals surface area contributed by atoms with E-state index in [0.717, 1.165) is 10.9 Å². The summed E-state index contributed by atoms with van der Waals surface area (Å²) in [5, 5.41) is 13.3. The van der Waals surface area contributed by atoms with Crippen molar-refractivity contribution in [2.45, 2.75) is 19.9 Å². The molecule has 138 valence electrons. The molecule has 1 fully saturated rings. The molecule has 1 aliphatic heterocycles. The van der Waals surface area contributed by atoms with Crippen LogP contribution < -0.4 is 5.32 Å². The summed E-state index contributed by atoms with van der Waals surface area (Å²) in [5.74, 6) is -1.08. The lowest BCUT2D eigenvalue weighted by Crippen LogP contribution is -2.50. The number of aliphatic carboxylic acids is 1. The number of hydrogen-bond donors (Lipinski definition) is 3. The molecule has 26 heavy (non-hydrogen) atoms. The van der Waals surface area contributed by atoms with Gasteiger partial charge in [0.15, 0.2) is 0 Å². The molecule has 1 aromatic heterocycles. The number of hydrogen-bond acceptors (Lipinski definition) is 4. The van der Waals surface area contributed by atoms with E-state index in [1.165, 1.54) is 13.8 Å². The van der Waals surface area contributed by atoms with Crippen LogP contribution in [0.15, 0.2) is 24.4 Å². The summed E-state index contributed by atoms with van der Waals surface area (Å²) in [6.07, 6.45) is 1.71. The molecular weight excluding hydrogens is 336 g/mol. The summed E-state index contributed by atoms with van der Waals surface area (Å²) in [4.78, 5) is 41.4. The van der Waals surface area contributed by atoms with Gasteiger partial charge in [-0.2, -0.15) is 0 Å². The Kier molecular flexibility index (Phi) is 4.94. The number of benzene rings is 1. The third-order valence-corrected chi connectivity index (χ3v) is 4.69. The van der Waals surface area contributed by atoms with Gasteiger partial charge in [0.1, 0.15) is 6.04 Å². The highest BCUT2D eigenvalue weighted by Crippen LogP contribution is 2.31. The van der Waals surface area contributed by atoms with E-state index >= 15 is 0 Å². The number of aromatic nitrogens is 1. The Morgan fingerprint density at radius 3 is 2.42 bits per heavy atom. The van der Waals surface area contributed by atoms with E-state index in [2.05, 4.69) is 10.3 Å². The molecule has 1 aliphatic rings. The average molecular weight is 358 g/mol. The standard InChI is InChI=1S/C18H22N4O4/c1-11(23)20-13-3-4-14-15(10-19-16(14)9-13)17(18(25)26)22-7-5-21(6-8-22)12(2)24/h3-4,9-10,17,19H,5-8H2,1-2H3,(H,20,23)(H,25,26)/t17-/m1/s1. The molecule has 0 radical (unpaired) electrons. The smallest absolute Gasteiger partial charge is 0.325 e. The van der Waals surface area contributed by atoms with Crippen molar-refractivity contribution in [3.05, 3.63) is 30.0 Å². The van der Waals surface area contributed by atoms with Crippen LogP contribution in [0, 0.1) is 0 Å². The first kappa shape index (κ1) is 17.9. The molecular formula is C18H22N4O4. The highest BCUT2D eigenvalue weighted by molar-refractivity contribution is 5.94. The van der Waals surface area contributed by atoms with E-state index in [-0.39, 0.29) is 11.8 Å². The fourth-order valence-electron chi connectivity index (χ4n) is 3.44. The zero-order valence-electron chi connectivity index (χ0n) is 14.8. The first-order valence-corrected chi connectivity index (χ1v) is 8.48. The third kappa shape index (κ3) is 3.55. The van der Waals surface area contributed by atoms with E-state index in [9.17, 15) is 19.5 Å². The molecule has 0 unspecified atom stereocenters. The highest BCUT2D eigenvalue weighted by Gasteiger charge is 2.32. The minimum absolute atomic E-state index is 0.00844. The number of carbonyl (C=O) groups is 3. The van der Waals surface area contributed by atoms with Crippen molar-refractivity contribution < 1.29 is 19.5 Å². The lowest BCUT2D eigenvalue weighted by atomic mass is 10.0. The predicted octanol–water partition coefficient (Wildman–Crippen LogP) is 1.42. The number of carbonyl (C=O) groups excluding carboxylic acids is 2. The molecule has 3 rings (SSSR count). The quantitative estimate of drug-likeness (QED) is 0.766. The van der Waals surface area contributed by atoms with E-state index in [0.29, 0.717) is 37.4 Å². The van der Waals surface area contributed by atoms with Crippen molar-refractivity contribution in [2.75, 3.05) is 31.5 Å². The van der Waals surface area contributed by atoms with E-state index in [1.54, 1.807) is 23.2 Å². The van der Waals surface area contributed by atoms with E-state index in [1.807, 2.05) is 11.0 Å². The first-order valence-electron chi connectivity index (χ1n) is 8.48. The summed E-state index contributed by atoms with van der Waals surface area (Å²) in [7, 11) is 0. The number of fused-ring (bicyclic) bond motifs is 1. The van der Waals surface area contributed by atoms with E-state index < -0.39 is 12.0 Å². The lowest BCUT2D eigenvalue weighted by Gasteiger charge is -2.37. The zero-order chi connectivity index (χ0) is 18.8. The number of piperazine rings is 1. The van der Waals surface area contributed by atoms with Gasteiger partial charge in [0, 0.05) is 68.4 Å². The number of carboxylic acids is 1. The molecule has 1 saturated heterocycles. The van der Waals surface area contributed by atoms with Gasteiger partial charge in [0.05, 0.1) is 0 Å². The number of anilines is 1. The Balaban J connectivity index is 1.88. The molecule has 3 N–H and O–H groups in total. The Labute approximate surface area is 150 Å². The number of H-pyrrole nitrogens is 1. The fraction of sp³-hybridized carbons (Fsp3) is 0.389. The van der Waals surface area contributed by atoms with Crippen LogP contribution in [-0.4, -0.2) is 63.9 Å². The SMILES string of the molecule is CC(=O)Nc1ccc2c([C@H](C(=O)O)N3CCN(C(C)=O)CC3)c[nH]c2c1. The minimum Gasteiger partial charge on any atom is -0.480 e. The number of amides is 2. The maximum Gasteiger partial charge on any atom is 0.325 e. The van der Waals surface area contributed by atoms with Crippen LogP contribution >= 0.6 is 0 Å². The molecule has 2 heterocycles. The number of rotatable bonds is 4. The monoisotopic (exact) mass is 358 g/mol. The van der Waals surface area contributed by atoms with Crippen LogP contribution in [0.2, 0.25) is 0 Å². The zero-order valence-corrected chi connectivity index (χ0v) is 14.8. The molecule has 1 aromatic carbocycles. The number of carboxylic acid groups (broad SMARTS) is 1. The van der Waals surface area contributed by atoms with Gasteiger partial charge in [0.25, 0.3) is 0 Å². The van der Waals surface area contributed by atoms with Gasteiger partial charge < -0.3 is 20.3 Å². The van der Waals surface area contributed by atoms with Crippen LogP contribution in [0.1, 0.15) is 25.5 Å². The Morgan fingerprint density at radius 1 is 1.15 bits per heavy atom. The van der Waals surface area contributed by atoms with Gasteiger partial charge in [-0.15, -0.1) is 0 Å². The van der Waals surface area contributed by atoms with Crippen molar-refractivity contribution in [3.8, 4) is 0 Å². The molecule has 0 saturated carbocycles. The van der Waals surface area contributed by atoms with Crippen LogP contribution in [0.3, 0.4) is 0 Å². The number of aromatic amines is 1. The summed E-state index contributed by atoms with van der Waals surface area (Å²) < 4.78 is 0. The molecule has 8 nitrogen and oxygen atoms in total. The first-order chi connectivity index (χ1) is 12.4.